The maximum atomic E-state index is 12.5. The molecule has 0 saturated carbocycles. The molecule has 0 bridgehead atoms. The Morgan fingerprint density at radius 2 is 1.72 bits per heavy atom. The maximum Gasteiger partial charge on any atom is 0.416 e. The normalized spacial score (nSPS) is 12.6. The molecule has 0 radical (unpaired) electrons. The van der Waals surface area contributed by atoms with Crippen LogP contribution in [0.2, 0.25) is 0 Å². The molecule has 0 aliphatic heterocycles. The molecule has 3 N–H and O–H groups in total. The van der Waals surface area contributed by atoms with Crippen molar-refractivity contribution in [3.8, 4) is 0 Å². The molecule has 0 spiro atoms. The topological polar surface area (TPSA) is 70.2 Å². The fourth-order valence-electron chi connectivity index (χ4n) is 2.14. The Labute approximate surface area is 145 Å². The number of alkyl halides is 3. The van der Waals surface area contributed by atoms with Crippen molar-refractivity contribution >= 4 is 17.6 Å². The average Bonchev–Trinajstić information content (AvgIpc) is 2.51. The van der Waals surface area contributed by atoms with Crippen LogP contribution in [-0.4, -0.2) is 24.5 Å². The zero-order valence-electron chi connectivity index (χ0n) is 14.5. The number of hydrogen-bond donors (Lipinski definition) is 3. The molecule has 0 heterocycles. The van der Waals surface area contributed by atoms with Gasteiger partial charge in [-0.25, -0.2) is 4.79 Å². The van der Waals surface area contributed by atoms with Crippen molar-refractivity contribution in [3.05, 3.63) is 29.8 Å². The molecule has 0 unspecified atom stereocenters. The van der Waals surface area contributed by atoms with E-state index in [-0.39, 0.29) is 17.5 Å². The van der Waals surface area contributed by atoms with Gasteiger partial charge in [-0.1, -0.05) is 20.8 Å². The molecule has 1 rings (SSSR count). The minimum absolute atomic E-state index is 0.184. The summed E-state index contributed by atoms with van der Waals surface area (Å²) in [6.07, 6.45) is -3.20. The SMILES string of the molecule is CCCNC(=O)[C@H](CC(C)C)NC(=O)Nc1ccc(C(F)(F)F)cc1. The molecule has 0 fully saturated rings. The second-order valence-electron chi connectivity index (χ2n) is 6.15. The molecule has 5 nitrogen and oxygen atoms in total. The molecule has 0 aromatic heterocycles. The van der Waals surface area contributed by atoms with E-state index >= 15 is 0 Å². The lowest BCUT2D eigenvalue weighted by Gasteiger charge is -2.20. The number of rotatable bonds is 7. The first-order valence-electron chi connectivity index (χ1n) is 8.16. The Balaban J connectivity index is 2.68. The van der Waals surface area contributed by atoms with Gasteiger partial charge in [0.15, 0.2) is 0 Å². The predicted octanol–water partition coefficient (Wildman–Crippen LogP) is 3.77. The van der Waals surface area contributed by atoms with Crippen molar-refractivity contribution in [3.63, 3.8) is 0 Å². The van der Waals surface area contributed by atoms with Gasteiger partial charge in [0.1, 0.15) is 6.04 Å². The number of urea groups is 1. The summed E-state index contributed by atoms with van der Waals surface area (Å²) in [4.78, 5) is 24.1. The van der Waals surface area contributed by atoms with E-state index < -0.39 is 23.8 Å². The van der Waals surface area contributed by atoms with Crippen LogP contribution >= 0.6 is 0 Å². The molecule has 1 atom stereocenters. The van der Waals surface area contributed by atoms with E-state index in [0.717, 1.165) is 30.7 Å². The predicted molar refractivity (Wildman–Crippen MR) is 90.1 cm³/mol. The van der Waals surface area contributed by atoms with E-state index in [1.807, 2.05) is 20.8 Å². The first kappa shape index (κ1) is 20.8. The molecule has 3 amide bonds. The van der Waals surface area contributed by atoms with E-state index in [2.05, 4.69) is 16.0 Å². The Morgan fingerprint density at radius 1 is 1.12 bits per heavy atom. The van der Waals surface area contributed by atoms with Crippen LogP contribution in [0.5, 0.6) is 0 Å². The fourth-order valence-corrected chi connectivity index (χ4v) is 2.14. The van der Waals surface area contributed by atoms with Crippen LogP contribution in [0.25, 0.3) is 0 Å². The van der Waals surface area contributed by atoms with E-state index in [1.165, 1.54) is 0 Å². The Bertz CT molecular complexity index is 571. The Hall–Kier alpha value is -2.25. The van der Waals surface area contributed by atoms with Crippen molar-refractivity contribution in [2.75, 3.05) is 11.9 Å². The van der Waals surface area contributed by atoms with Gasteiger partial charge in [-0.3, -0.25) is 4.79 Å². The van der Waals surface area contributed by atoms with E-state index in [1.54, 1.807) is 0 Å². The van der Waals surface area contributed by atoms with Crippen molar-refractivity contribution in [2.24, 2.45) is 5.92 Å². The van der Waals surface area contributed by atoms with E-state index in [4.69, 9.17) is 0 Å². The summed E-state index contributed by atoms with van der Waals surface area (Å²) in [5, 5.41) is 7.73. The summed E-state index contributed by atoms with van der Waals surface area (Å²) in [6, 6.07) is 2.75. The maximum absolute atomic E-state index is 12.5. The molecular weight excluding hydrogens is 335 g/mol. The number of nitrogens with one attached hydrogen (secondary N) is 3. The lowest BCUT2D eigenvalue weighted by atomic mass is 10.0. The van der Waals surface area contributed by atoms with Gasteiger partial charge in [0.05, 0.1) is 5.56 Å². The van der Waals surface area contributed by atoms with Gasteiger partial charge in [0, 0.05) is 12.2 Å². The van der Waals surface area contributed by atoms with Crippen LogP contribution in [-0.2, 0) is 11.0 Å². The summed E-state index contributed by atoms with van der Waals surface area (Å²) >= 11 is 0. The van der Waals surface area contributed by atoms with Crippen LogP contribution in [0.3, 0.4) is 0 Å². The van der Waals surface area contributed by atoms with Crippen molar-refractivity contribution in [2.45, 2.75) is 45.8 Å². The third-order valence-electron chi connectivity index (χ3n) is 3.35. The number of carbonyl (C=O) groups excluding carboxylic acids is 2. The zero-order valence-corrected chi connectivity index (χ0v) is 14.5. The molecule has 8 heteroatoms. The second kappa shape index (κ2) is 9.29. The molecule has 1 aromatic carbocycles. The highest BCUT2D eigenvalue weighted by Crippen LogP contribution is 2.29. The van der Waals surface area contributed by atoms with Gasteiger partial charge in [-0.15, -0.1) is 0 Å². The summed E-state index contributed by atoms with van der Waals surface area (Å²) in [7, 11) is 0. The minimum atomic E-state index is -4.43. The van der Waals surface area contributed by atoms with Crippen molar-refractivity contribution in [1.82, 2.24) is 10.6 Å². The van der Waals surface area contributed by atoms with Gasteiger partial charge < -0.3 is 16.0 Å². The standard InChI is InChI=1S/C17H24F3N3O2/c1-4-9-21-15(24)14(10-11(2)3)23-16(25)22-13-7-5-12(6-8-13)17(18,19)20/h5-8,11,14H,4,9-10H2,1-3H3,(H,21,24)(H2,22,23,25)/t14-/m0/s1. The highest BCUT2D eigenvalue weighted by molar-refractivity contribution is 5.93. The zero-order chi connectivity index (χ0) is 19.0. The molecular formula is C17H24F3N3O2. The van der Waals surface area contributed by atoms with Gasteiger partial charge in [-0.2, -0.15) is 13.2 Å². The number of hydrogen-bond acceptors (Lipinski definition) is 2. The van der Waals surface area contributed by atoms with Crippen LogP contribution in [0.15, 0.2) is 24.3 Å². The smallest absolute Gasteiger partial charge is 0.354 e. The van der Waals surface area contributed by atoms with Crippen LogP contribution < -0.4 is 16.0 Å². The number of halogens is 3. The summed E-state index contributed by atoms with van der Waals surface area (Å²) in [6.45, 7) is 6.28. The Morgan fingerprint density at radius 3 is 2.20 bits per heavy atom. The molecule has 0 aliphatic carbocycles. The van der Waals surface area contributed by atoms with E-state index in [0.29, 0.717) is 13.0 Å². The second-order valence-corrected chi connectivity index (χ2v) is 6.15. The largest absolute Gasteiger partial charge is 0.416 e. The van der Waals surface area contributed by atoms with Gasteiger partial charge in [-0.05, 0) is 43.0 Å². The van der Waals surface area contributed by atoms with Crippen LogP contribution in [0, 0.1) is 5.92 Å². The summed E-state index contributed by atoms with van der Waals surface area (Å²) in [5.74, 6) is -0.0955. The monoisotopic (exact) mass is 359 g/mol. The molecule has 25 heavy (non-hydrogen) atoms. The first-order chi connectivity index (χ1) is 11.6. The molecule has 0 aliphatic rings. The fraction of sp³-hybridized carbons (Fsp3) is 0.529. The van der Waals surface area contributed by atoms with Gasteiger partial charge in [0.25, 0.3) is 0 Å². The lowest BCUT2D eigenvalue weighted by Crippen LogP contribution is -2.48. The molecule has 0 saturated heterocycles. The number of benzene rings is 1. The van der Waals surface area contributed by atoms with Crippen molar-refractivity contribution in [1.29, 1.82) is 0 Å². The van der Waals surface area contributed by atoms with Crippen LogP contribution in [0.4, 0.5) is 23.7 Å². The Kier molecular flexibility index (Phi) is 7.73. The number of amides is 3. The lowest BCUT2D eigenvalue weighted by molar-refractivity contribution is -0.137. The van der Waals surface area contributed by atoms with E-state index in [9.17, 15) is 22.8 Å². The van der Waals surface area contributed by atoms with Crippen molar-refractivity contribution < 1.29 is 22.8 Å². The minimum Gasteiger partial charge on any atom is -0.354 e. The van der Waals surface area contributed by atoms with Gasteiger partial charge in [0.2, 0.25) is 5.91 Å². The summed E-state index contributed by atoms with van der Waals surface area (Å²) < 4.78 is 37.6. The van der Waals surface area contributed by atoms with Crippen LogP contribution in [0.1, 0.15) is 39.2 Å². The number of anilines is 1. The quantitative estimate of drug-likeness (QED) is 0.694. The molecule has 140 valence electrons. The third kappa shape index (κ3) is 7.45. The third-order valence-corrected chi connectivity index (χ3v) is 3.35. The highest BCUT2D eigenvalue weighted by Gasteiger charge is 2.30. The number of carbonyl (C=O) groups is 2. The average molecular weight is 359 g/mol. The summed E-state index contributed by atoms with van der Waals surface area (Å²) in [5.41, 5.74) is -0.585. The highest BCUT2D eigenvalue weighted by atomic mass is 19.4. The molecule has 1 aromatic rings. The first-order valence-corrected chi connectivity index (χ1v) is 8.16. The van der Waals surface area contributed by atoms with Gasteiger partial charge >= 0.3 is 12.2 Å².